The second-order valence-corrected chi connectivity index (χ2v) is 3.98. The Balaban J connectivity index is 1.95. The summed E-state index contributed by atoms with van der Waals surface area (Å²) in [5.41, 5.74) is 7.37. The third-order valence-corrected chi connectivity index (χ3v) is 2.74. The molecule has 0 fully saturated rings. The topological polar surface area (TPSA) is 85.3 Å². The van der Waals surface area contributed by atoms with Crippen molar-refractivity contribution < 1.29 is 4.79 Å². The lowest BCUT2D eigenvalue weighted by atomic mass is 10.2. The quantitative estimate of drug-likeness (QED) is 0.725. The second-order valence-electron chi connectivity index (χ2n) is 3.98. The largest absolute Gasteiger partial charge is 0.396 e. The number of fused-ring (bicyclic) bond motifs is 1. The monoisotopic (exact) mass is 253 g/mol. The van der Waals surface area contributed by atoms with Crippen molar-refractivity contribution in [2.45, 2.75) is 0 Å². The number of nitrogens with one attached hydrogen (secondary N) is 1. The Morgan fingerprint density at radius 1 is 1.26 bits per heavy atom. The molecule has 94 valence electrons. The van der Waals surface area contributed by atoms with E-state index < -0.39 is 0 Å². The number of amides is 1. The van der Waals surface area contributed by atoms with Crippen molar-refractivity contribution in [1.29, 1.82) is 0 Å². The smallest absolute Gasteiger partial charge is 0.260 e. The van der Waals surface area contributed by atoms with Gasteiger partial charge in [0.2, 0.25) is 0 Å². The number of rotatable bonds is 2. The molecule has 0 radical (unpaired) electrons. The first kappa shape index (κ1) is 11.2. The highest BCUT2D eigenvalue weighted by Gasteiger charge is 2.13. The molecule has 3 N–H and O–H groups in total. The van der Waals surface area contributed by atoms with Crippen LogP contribution in [0, 0.1) is 0 Å². The van der Waals surface area contributed by atoms with Gasteiger partial charge in [0.25, 0.3) is 5.91 Å². The fourth-order valence-electron chi connectivity index (χ4n) is 1.81. The van der Waals surface area contributed by atoms with E-state index in [9.17, 15) is 4.79 Å². The van der Waals surface area contributed by atoms with Gasteiger partial charge in [0.1, 0.15) is 0 Å². The number of nitrogen functional groups attached to an aromatic ring is 1. The molecular formula is C13H11N5O. The number of hydrogen-bond donors (Lipinski definition) is 2. The summed E-state index contributed by atoms with van der Waals surface area (Å²) >= 11 is 0. The summed E-state index contributed by atoms with van der Waals surface area (Å²) in [7, 11) is 0. The van der Waals surface area contributed by atoms with Crippen molar-refractivity contribution in [1.82, 2.24) is 14.6 Å². The van der Waals surface area contributed by atoms with Crippen LogP contribution in [-0.4, -0.2) is 20.5 Å². The van der Waals surface area contributed by atoms with Gasteiger partial charge in [0, 0.05) is 12.4 Å². The molecule has 0 saturated heterocycles. The molecule has 3 heterocycles. The van der Waals surface area contributed by atoms with Gasteiger partial charge in [0.05, 0.1) is 23.0 Å². The van der Waals surface area contributed by atoms with Crippen molar-refractivity contribution in [2.75, 3.05) is 11.1 Å². The minimum Gasteiger partial charge on any atom is -0.396 e. The molecule has 6 heteroatoms. The highest BCUT2D eigenvalue weighted by molar-refractivity contribution is 6.09. The highest BCUT2D eigenvalue weighted by atomic mass is 16.1. The molecule has 0 aliphatic carbocycles. The zero-order chi connectivity index (χ0) is 13.2. The Morgan fingerprint density at radius 2 is 2.16 bits per heavy atom. The van der Waals surface area contributed by atoms with E-state index in [1.807, 2.05) is 18.2 Å². The third kappa shape index (κ3) is 1.99. The van der Waals surface area contributed by atoms with E-state index in [4.69, 9.17) is 5.73 Å². The SMILES string of the molecule is Nc1cccnc1NC(=O)c1cnn2ccccc12. The number of hydrogen-bond acceptors (Lipinski definition) is 4. The van der Waals surface area contributed by atoms with E-state index in [0.29, 0.717) is 17.1 Å². The van der Waals surface area contributed by atoms with Crippen LogP contribution < -0.4 is 11.1 Å². The Kier molecular flexibility index (Phi) is 2.60. The van der Waals surface area contributed by atoms with Crippen LogP contribution >= 0.6 is 0 Å². The molecule has 0 bridgehead atoms. The first-order valence-electron chi connectivity index (χ1n) is 5.70. The summed E-state index contributed by atoms with van der Waals surface area (Å²) in [4.78, 5) is 16.2. The molecule has 0 unspecified atom stereocenters. The molecule has 1 amide bonds. The summed E-state index contributed by atoms with van der Waals surface area (Å²) in [5, 5.41) is 6.78. The third-order valence-electron chi connectivity index (χ3n) is 2.74. The summed E-state index contributed by atoms with van der Waals surface area (Å²) < 4.78 is 1.64. The van der Waals surface area contributed by atoms with Crippen LogP contribution in [0.1, 0.15) is 10.4 Å². The molecule has 3 aromatic heterocycles. The van der Waals surface area contributed by atoms with Gasteiger partial charge in [-0.15, -0.1) is 0 Å². The molecular weight excluding hydrogens is 242 g/mol. The molecule has 6 nitrogen and oxygen atoms in total. The number of nitrogens with zero attached hydrogens (tertiary/aromatic N) is 3. The highest BCUT2D eigenvalue weighted by Crippen LogP contribution is 2.16. The molecule has 0 aliphatic rings. The lowest BCUT2D eigenvalue weighted by Crippen LogP contribution is -2.14. The van der Waals surface area contributed by atoms with E-state index in [1.54, 1.807) is 29.0 Å². The molecule has 0 atom stereocenters. The van der Waals surface area contributed by atoms with Crippen LogP contribution in [0.15, 0.2) is 48.9 Å². The van der Waals surface area contributed by atoms with E-state index in [1.165, 1.54) is 6.20 Å². The number of nitrogens with two attached hydrogens (primary N) is 1. The van der Waals surface area contributed by atoms with Crippen LogP contribution in [0.2, 0.25) is 0 Å². The Bertz CT molecular complexity index is 749. The maximum Gasteiger partial charge on any atom is 0.260 e. The Labute approximate surface area is 108 Å². The molecule has 3 rings (SSSR count). The van der Waals surface area contributed by atoms with E-state index in [-0.39, 0.29) is 5.91 Å². The molecule has 0 saturated carbocycles. The van der Waals surface area contributed by atoms with Crippen molar-refractivity contribution in [3.63, 3.8) is 0 Å². The van der Waals surface area contributed by atoms with Crippen LogP contribution in [0.4, 0.5) is 11.5 Å². The van der Waals surface area contributed by atoms with Crippen molar-refractivity contribution >= 4 is 22.9 Å². The minimum absolute atomic E-state index is 0.286. The number of pyridine rings is 2. The Morgan fingerprint density at radius 3 is 3.00 bits per heavy atom. The van der Waals surface area contributed by atoms with Gasteiger partial charge < -0.3 is 11.1 Å². The van der Waals surface area contributed by atoms with Gasteiger partial charge in [-0.25, -0.2) is 9.50 Å². The molecule has 19 heavy (non-hydrogen) atoms. The van der Waals surface area contributed by atoms with Gasteiger partial charge in [-0.05, 0) is 24.3 Å². The van der Waals surface area contributed by atoms with E-state index in [2.05, 4.69) is 15.4 Å². The predicted molar refractivity (Wildman–Crippen MR) is 71.8 cm³/mol. The predicted octanol–water partition coefficient (Wildman–Crippen LogP) is 1.56. The van der Waals surface area contributed by atoms with Crippen molar-refractivity contribution in [3.8, 4) is 0 Å². The second kappa shape index (κ2) is 4.41. The van der Waals surface area contributed by atoms with E-state index >= 15 is 0 Å². The summed E-state index contributed by atoms with van der Waals surface area (Å²) in [5.74, 6) is 0.0642. The average molecular weight is 253 g/mol. The number of anilines is 2. The first-order chi connectivity index (χ1) is 9.25. The standard InChI is InChI=1S/C13H11N5O/c14-10-4-3-6-15-12(10)17-13(19)9-8-16-18-7-2-1-5-11(9)18/h1-8H,14H2,(H,15,17,19). The number of carbonyl (C=O) groups excluding carboxylic acids is 1. The van der Waals surface area contributed by atoms with Crippen molar-refractivity contribution in [2.24, 2.45) is 0 Å². The van der Waals surface area contributed by atoms with Crippen LogP contribution in [-0.2, 0) is 0 Å². The van der Waals surface area contributed by atoms with E-state index in [0.717, 1.165) is 5.52 Å². The number of carbonyl (C=O) groups is 1. The molecule has 0 aromatic carbocycles. The lowest BCUT2D eigenvalue weighted by molar-refractivity contribution is 0.102. The van der Waals surface area contributed by atoms with Crippen LogP contribution in [0.3, 0.4) is 0 Å². The molecule has 3 aromatic rings. The maximum atomic E-state index is 12.2. The molecule has 0 aliphatic heterocycles. The van der Waals surface area contributed by atoms with Crippen LogP contribution in [0.5, 0.6) is 0 Å². The maximum absolute atomic E-state index is 12.2. The Hall–Kier alpha value is -2.89. The zero-order valence-corrected chi connectivity index (χ0v) is 9.95. The normalized spacial score (nSPS) is 10.5. The average Bonchev–Trinajstić information content (AvgIpc) is 2.85. The minimum atomic E-state index is -0.286. The lowest BCUT2D eigenvalue weighted by Gasteiger charge is -2.05. The fourth-order valence-corrected chi connectivity index (χ4v) is 1.81. The number of aromatic nitrogens is 3. The zero-order valence-electron chi connectivity index (χ0n) is 9.95. The first-order valence-corrected chi connectivity index (χ1v) is 5.70. The summed E-state index contributed by atoms with van der Waals surface area (Å²) in [6, 6.07) is 8.91. The van der Waals surface area contributed by atoms with Gasteiger partial charge in [-0.2, -0.15) is 5.10 Å². The fraction of sp³-hybridized carbons (Fsp3) is 0. The van der Waals surface area contributed by atoms with Crippen LogP contribution in [0.25, 0.3) is 5.52 Å². The van der Waals surface area contributed by atoms with Gasteiger partial charge >= 0.3 is 0 Å². The van der Waals surface area contributed by atoms with Gasteiger partial charge in [-0.3, -0.25) is 4.79 Å². The molecule has 0 spiro atoms. The summed E-state index contributed by atoms with van der Waals surface area (Å²) in [6.07, 6.45) is 4.87. The summed E-state index contributed by atoms with van der Waals surface area (Å²) in [6.45, 7) is 0. The van der Waals surface area contributed by atoms with Gasteiger partial charge in [-0.1, -0.05) is 6.07 Å². The van der Waals surface area contributed by atoms with Crippen molar-refractivity contribution in [3.05, 3.63) is 54.5 Å². The van der Waals surface area contributed by atoms with Gasteiger partial charge in [0.15, 0.2) is 5.82 Å².